The molecule has 1 unspecified atom stereocenters. The number of fused-ring (bicyclic) bond motifs is 1. The average Bonchev–Trinajstić information content (AvgIpc) is 2.53. The van der Waals surface area contributed by atoms with Gasteiger partial charge in [0.1, 0.15) is 0 Å². The normalized spacial score (nSPS) is 19.6. The predicted molar refractivity (Wildman–Crippen MR) is 85.8 cm³/mol. The summed E-state index contributed by atoms with van der Waals surface area (Å²) in [5.41, 5.74) is 3.71. The molecule has 0 amide bonds. The summed E-state index contributed by atoms with van der Waals surface area (Å²) in [6.07, 6.45) is 3.07. The van der Waals surface area contributed by atoms with Crippen molar-refractivity contribution >= 4 is 15.8 Å². The van der Waals surface area contributed by atoms with E-state index in [-0.39, 0.29) is 21.9 Å². The van der Waals surface area contributed by atoms with Gasteiger partial charge in [0.25, 0.3) is 0 Å². The van der Waals surface area contributed by atoms with Crippen molar-refractivity contribution in [2.45, 2.75) is 35.3 Å². The molecule has 0 saturated carbocycles. The summed E-state index contributed by atoms with van der Waals surface area (Å²) in [7, 11) is 0. The van der Waals surface area contributed by atoms with Crippen LogP contribution in [0.1, 0.15) is 29.2 Å². The second kappa shape index (κ2) is 6.68. The SMILES string of the molecule is Oc1ccc2c(c1)CC([As]C[C@@H](O)c1ccccc1)CC2. The van der Waals surface area contributed by atoms with Crippen LogP contribution in [0.2, 0.25) is 9.91 Å². The molecule has 2 N–H and O–H groups in total. The monoisotopic (exact) mass is 343 g/mol. The van der Waals surface area contributed by atoms with Gasteiger partial charge in [-0.05, 0) is 0 Å². The summed E-state index contributed by atoms with van der Waals surface area (Å²) in [4.78, 5) is 0. The van der Waals surface area contributed by atoms with Crippen LogP contribution in [0.4, 0.5) is 0 Å². The first kappa shape index (κ1) is 14.7. The number of rotatable bonds is 4. The van der Waals surface area contributed by atoms with Crippen molar-refractivity contribution in [3.63, 3.8) is 0 Å². The molecule has 0 aromatic heterocycles. The number of aliphatic hydroxyl groups is 1. The van der Waals surface area contributed by atoms with Crippen molar-refractivity contribution in [2.75, 3.05) is 0 Å². The van der Waals surface area contributed by atoms with E-state index in [2.05, 4.69) is 6.07 Å². The van der Waals surface area contributed by atoms with E-state index in [0.29, 0.717) is 10.5 Å². The van der Waals surface area contributed by atoms with Crippen molar-refractivity contribution in [3.05, 3.63) is 65.2 Å². The van der Waals surface area contributed by atoms with E-state index >= 15 is 0 Å². The van der Waals surface area contributed by atoms with Gasteiger partial charge in [-0.2, -0.15) is 0 Å². The minimum absolute atomic E-state index is 0.127. The van der Waals surface area contributed by atoms with Crippen LogP contribution in [0.15, 0.2) is 48.5 Å². The first-order valence-corrected chi connectivity index (χ1v) is 9.84. The molecule has 2 nitrogen and oxygen atoms in total. The second-order valence-electron chi connectivity index (χ2n) is 5.64. The van der Waals surface area contributed by atoms with Crippen molar-refractivity contribution in [3.8, 4) is 5.75 Å². The van der Waals surface area contributed by atoms with Crippen LogP contribution in [0.25, 0.3) is 0 Å². The molecule has 1 aliphatic carbocycles. The molecular formula is C18H20AsO2. The number of aromatic hydroxyl groups is 1. The molecule has 3 rings (SSSR count). The fraction of sp³-hybridized carbons (Fsp3) is 0.333. The molecule has 109 valence electrons. The van der Waals surface area contributed by atoms with Gasteiger partial charge < -0.3 is 0 Å². The Bertz CT molecular complexity index is 597. The fourth-order valence-electron chi connectivity index (χ4n) is 2.91. The maximum absolute atomic E-state index is 10.3. The summed E-state index contributed by atoms with van der Waals surface area (Å²) in [5, 5.41) is 20.8. The molecule has 2 aromatic carbocycles. The van der Waals surface area contributed by atoms with E-state index in [1.54, 1.807) is 6.07 Å². The first-order chi connectivity index (χ1) is 10.2. The molecule has 21 heavy (non-hydrogen) atoms. The molecular weight excluding hydrogens is 323 g/mol. The zero-order chi connectivity index (χ0) is 14.7. The molecule has 0 spiro atoms. The number of hydrogen-bond donors (Lipinski definition) is 2. The Kier molecular flexibility index (Phi) is 4.67. The van der Waals surface area contributed by atoms with Gasteiger partial charge in [-0.1, -0.05) is 0 Å². The Morgan fingerprint density at radius 3 is 2.71 bits per heavy atom. The first-order valence-electron chi connectivity index (χ1n) is 7.43. The third kappa shape index (κ3) is 3.70. The minimum atomic E-state index is -0.322. The maximum atomic E-state index is 10.3. The molecule has 1 radical (unpaired) electrons. The molecule has 0 aliphatic heterocycles. The van der Waals surface area contributed by atoms with Crippen molar-refractivity contribution in [1.82, 2.24) is 0 Å². The van der Waals surface area contributed by atoms with Gasteiger partial charge in [-0.15, -0.1) is 0 Å². The van der Waals surface area contributed by atoms with Crippen LogP contribution in [0.3, 0.4) is 0 Å². The molecule has 0 saturated heterocycles. The van der Waals surface area contributed by atoms with Crippen LogP contribution in [-0.4, -0.2) is 26.0 Å². The summed E-state index contributed by atoms with van der Waals surface area (Å²) < 4.78 is 0.703. The number of hydrogen-bond acceptors (Lipinski definition) is 2. The molecule has 0 bridgehead atoms. The zero-order valence-electron chi connectivity index (χ0n) is 11.9. The Labute approximate surface area is 132 Å². The van der Waals surface area contributed by atoms with Gasteiger partial charge in [-0.25, -0.2) is 0 Å². The third-order valence-corrected chi connectivity index (χ3v) is 7.29. The number of phenols is 1. The van der Waals surface area contributed by atoms with E-state index in [1.165, 1.54) is 17.5 Å². The van der Waals surface area contributed by atoms with Crippen molar-refractivity contribution in [1.29, 1.82) is 0 Å². The summed E-state index contributed by atoms with van der Waals surface area (Å²) >= 11 is 0.127. The molecule has 3 heteroatoms. The number of aliphatic hydroxyl groups excluding tert-OH is 1. The fourth-order valence-corrected chi connectivity index (χ4v) is 5.73. The second-order valence-corrected chi connectivity index (χ2v) is 8.71. The Morgan fingerprint density at radius 1 is 1.10 bits per heavy atom. The predicted octanol–water partition coefficient (Wildman–Crippen LogP) is 3.53. The summed E-state index contributed by atoms with van der Waals surface area (Å²) in [5.74, 6) is 0.370. The van der Waals surface area contributed by atoms with E-state index in [4.69, 9.17) is 0 Å². The van der Waals surface area contributed by atoms with Crippen molar-refractivity contribution in [2.24, 2.45) is 0 Å². The van der Waals surface area contributed by atoms with Crippen LogP contribution in [0.5, 0.6) is 5.75 Å². The van der Waals surface area contributed by atoms with Crippen LogP contribution in [-0.2, 0) is 12.8 Å². The number of benzene rings is 2. The van der Waals surface area contributed by atoms with E-state index < -0.39 is 0 Å². The molecule has 1 aliphatic rings. The Morgan fingerprint density at radius 2 is 1.90 bits per heavy atom. The molecule has 0 heterocycles. The van der Waals surface area contributed by atoms with E-state index in [9.17, 15) is 10.2 Å². The van der Waals surface area contributed by atoms with Crippen LogP contribution < -0.4 is 0 Å². The van der Waals surface area contributed by atoms with Crippen molar-refractivity contribution < 1.29 is 10.2 Å². The zero-order valence-corrected chi connectivity index (χ0v) is 13.8. The van der Waals surface area contributed by atoms with Gasteiger partial charge in [-0.3, -0.25) is 0 Å². The standard InChI is InChI=1S/C18H20AsO2/c20-17-9-7-13-6-8-16(10-15(13)11-17)19-12-18(21)14-4-2-1-3-5-14/h1-5,7,9,11,16,18,20-21H,6,8,10,12H2/t16?,18-/m1/s1. The van der Waals surface area contributed by atoms with Gasteiger partial charge >= 0.3 is 132 Å². The number of aryl methyl sites for hydroxylation is 1. The Hall–Kier alpha value is -1.24. The summed E-state index contributed by atoms with van der Waals surface area (Å²) in [6.45, 7) is 0. The van der Waals surface area contributed by atoms with Gasteiger partial charge in [0.05, 0.1) is 0 Å². The summed E-state index contributed by atoms with van der Waals surface area (Å²) in [6, 6.07) is 15.7. The quantitative estimate of drug-likeness (QED) is 0.834. The van der Waals surface area contributed by atoms with Crippen LogP contribution in [0, 0.1) is 0 Å². The number of phenolic OH excluding ortho intramolecular Hbond substituents is 1. The molecule has 2 atom stereocenters. The molecule has 2 aromatic rings. The van der Waals surface area contributed by atoms with Crippen LogP contribution >= 0.6 is 0 Å². The molecule has 0 fully saturated rings. The Balaban J connectivity index is 1.58. The topological polar surface area (TPSA) is 40.5 Å². The van der Waals surface area contributed by atoms with E-state index in [1.807, 2.05) is 36.4 Å². The van der Waals surface area contributed by atoms with Gasteiger partial charge in [0.15, 0.2) is 0 Å². The van der Waals surface area contributed by atoms with Gasteiger partial charge in [0, 0.05) is 0 Å². The van der Waals surface area contributed by atoms with Gasteiger partial charge in [0.2, 0.25) is 0 Å². The average molecular weight is 343 g/mol. The van der Waals surface area contributed by atoms with E-state index in [0.717, 1.165) is 23.6 Å². The third-order valence-electron chi connectivity index (χ3n) is 4.11.